The van der Waals surface area contributed by atoms with E-state index in [-0.39, 0.29) is 6.54 Å². The largest absolute Gasteiger partial charge is 0.480 e. The van der Waals surface area contributed by atoms with Crippen LogP contribution < -0.4 is 15.8 Å². The summed E-state index contributed by atoms with van der Waals surface area (Å²) in [6.07, 6.45) is 0. The summed E-state index contributed by atoms with van der Waals surface area (Å²) in [5, 5.41) is 11.7. The number of benzene rings is 2. The lowest BCUT2D eigenvalue weighted by Crippen LogP contribution is -2.36. The molecule has 20 heavy (non-hydrogen) atoms. The van der Waals surface area contributed by atoms with Crippen LogP contribution in [-0.4, -0.2) is 23.7 Å². The lowest BCUT2D eigenvalue weighted by atomic mass is 10.2. The fourth-order valence-electron chi connectivity index (χ4n) is 1.61. The van der Waals surface area contributed by atoms with Gasteiger partial charge in [0.05, 0.1) is 0 Å². The molecule has 0 spiro atoms. The van der Waals surface area contributed by atoms with Crippen molar-refractivity contribution in [2.75, 3.05) is 11.9 Å². The Labute approximate surface area is 117 Å². The Bertz CT molecular complexity index is 572. The molecule has 0 saturated carbocycles. The van der Waals surface area contributed by atoms with E-state index in [4.69, 9.17) is 15.6 Å². The standard InChI is InChI=1S/C15H16N2O3/c16-14(15(18)19)10-17-11-5-4-8-13(9-11)20-12-6-2-1-3-7-12/h1-9,14,17H,10,16H2,(H,18,19). The van der Waals surface area contributed by atoms with Crippen molar-refractivity contribution in [2.24, 2.45) is 5.73 Å². The van der Waals surface area contributed by atoms with Gasteiger partial charge in [0.25, 0.3) is 0 Å². The van der Waals surface area contributed by atoms with Gasteiger partial charge in [-0.05, 0) is 24.3 Å². The van der Waals surface area contributed by atoms with Crippen molar-refractivity contribution in [3.05, 3.63) is 54.6 Å². The first-order valence-electron chi connectivity index (χ1n) is 6.20. The van der Waals surface area contributed by atoms with Gasteiger partial charge < -0.3 is 20.9 Å². The normalized spacial score (nSPS) is 11.7. The molecular weight excluding hydrogens is 256 g/mol. The van der Waals surface area contributed by atoms with Crippen LogP contribution in [-0.2, 0) is 4.79 Å². The second-order valence-corrected chi connectivity index (χ2v) is 4.27. The van der Waals surface area contributed by atoms with E-state index in [0.29, 0.717) is 5.75 Å². The van der Waals surface area contributed by atoms with Crippen LogP contribution in [0.15, 0.2) is 54.6 Å². The van der Waals surface area contributed by atoms with E-state index in [0.717, 1.165) is 11.4 Å². The Balaban J connectivity index is 1.99. The van der Waals surface area contributed by atoms with Crippen LogP contribution in [0.5, 0.6) is 11.5 Å². The highest BCUT2D eigenvalue weighted by molar-refractivity contribution is 5.74. The molecule has 0 bridgehead atoms. The Hall–Kier alpha value is -2.53. The van der Waals surface area contributed by atoms with Crippen LogP contribution in [0.3, 0.4) is 0 Å². The molecule has 5 heteroatoms. The fourth-order valence-corrected chi connectivity index (χ4v) is 1.61. The number of aliphatic carboxylic acids is 1. The molecule has 0 aromatic heterocycles. The number of nitrogens with one attached hydrogen (secondary N) is 1. The summed E-state index contributed by atoms with van der Waals surface area (Å²) in [6.45, 7) is 0.157. The second kappa shape index (κ2) is 6.58. The summed E-state index contributed by atoms with van der Waals surface area (Å²) in [4.78, 5) is 10.6. The maximum absolute atomic E-state index is 10.6. The van der Waals surface area contributed by atoms with E-state index in [2.05, 4.69) is 5.32 Å². The summed E-state index contributed by atoms with van der Waals surface area (Å²) in [7, 11) is 0. The molecule has 104 valence electrons. The first-order chi connectivity index (χ1) is 9.65. The molecule has 0 aliphatic carbocycles. The van der Waals surface area contributed by atoms with Gasteiger partial charge in [-0.1, -0.05) is 24.3 Å². The quantitative estimate of drug-likeness (QED) is 0.751. The predicted molar refractivity (Wildman–Crippen MR) is 77.1 cm³/mol. The molecule has 2 aromatic rings. The van der Waals surface area contributed by atoms with Crippen molar-refractivity contribution in [3.8, 4) is 11.5 Å². The summed E-state index contributed by atoms with van der Waals surface area (Å²) < 4.78 is 5.69. The van der Waals surface area contributed by atoms with Gasteiger partial charge in [-0.25, -0.2) is 0 Å². The van der Waals surface area contributed by atoms with Gasteiger partial charge in [0.15, 0.2) is 0 Å². The lowest BCUT2D eigenvalue weighted by Gasteiger charge is -2.11. The van der Waals surface area contributed by atoms with Crippen molar-refractivity contribution in [1.29, 1.82) is 0 Å². The van der Waals surface area contributed by atoms with Crippen LogP contribution in [0.25, 0.3) is 0 Å². The van der Waals surface area contributed by atoms with Crippen molar-refractivity contribution in [3.63, 3.8) is 0 Å². The molecule has 5 nitrogen and oxygen atoms in total. The highest BCUT2D eigenvalue weighted by atomic mass is 16.5. The molecule has 2 aromatic carbocycles. The summed E-state index contributed by atoms with van der Waals surface area (Å²) >= 11 is 0. The van der Waals surface area contributed by atoms with Crippen molar-refractivity contribution >= 4 is 11.7 Å². The zero-order chi connectivity index (χ0) is 14.4. The average molecular weight is 272 g/mol. The number of nitrogens with two attached hydrogens (primary N) is 1. The van der Waals surface area contributed by atoms with Gasteiger partial charge >= 0.3 is 5.97 Å². The predicted octanol–water partition coefficient (Wildman–Crippen LogP) is 2.30. The number of para-hydroxylation sites is 1. The lowest BCUT2D eigenvalue weighted by molar-refractivity contribution is -0.138. The van der Waals surface area contributed by atoms with E-state index in [1.165, 1.54) is 0 Å². The van der Waals surface area contributed by atoms with Crippen LogP contribution in [0.2, 0.25) is 0 Å². The smallest absolute Gasteiger partial charge is 0.322 e. The summed E-state index contributed by atoms with van der Waals surface area (Å²) in [6, 6.07) is 15.8. The van der Waals surface area contributed by atoms with E-state index < -0.39 is 12.0 Å². The van der Waals surface area contributed by atoms with Crippen LogP contribution in [0, 0.1) is 0 Å². The molecule has 1 unspecified atom stereocenters. The maximum atomic E-state index is 10.6. The molecule has 2 rings (SSSR count). The molecule has 0 amide bonds. The molecular formula is C15H16N2O3. The van der Waals surface area contributed by atoms with Gasteiger partial charge in [0, 0.05) is 18.3 Å². The van der Waals surface area contributed by atoms with Crippen molar-refractivity contribution in [2.45, 2.75) is 6.04 Å². The van der Waals surface area contributed by atoms with Crippen molar-refractivity contribution < 1.29 is 14.6 Å². The Morgan fingerprint density at radius 3 is 2.55 bits per heavy atom. The first-order valence-corrected chi connectivity index (χ1v) is 6.20. The Kier molecular flexibility index (Phi) is 4.57. The van der Waals surface area contributed by atoms with E-state index in [1.807, 2.05) is 48.5 Å². The monoisotopic (exact) mass is 272 g/mol. The number of hydrogen-bond acceptors (Lipinski definition) is 4. The van der Waals surface area contributed by atoms with Gasteiger partial charge in [0.1, 0.15) is 17.5 Å². The topological polar surface area (TPSA) is 84.6 Å². The molecule has 4 N–H and O–H groups in total. The second-order valence-electron chi connectivity index (χ2n) is 4.27. The zero-order valence-electron chi connectivity index (χ0n) is 10.8. The number of hydrogen-bond donors (Lipinski definition) is 3. The van der Waals surface area contributed by atoms with E-state index in [9.17, 15) is 4.79 Å². The minimum atomic E-state index is -1.03. The molecule has 0 radical (unpaired) electrons. The molecule has 0 aliphatic heterocycles. The van der Waals surface area contributed by atoms with Crippen LogP contribution in [0.1, 0.15) is 0 Å². The van der Waals surface area contributed by atoms with Gasteiger partial charge in [-0.2, -0.15) is 0 Å². The van der Waals surface area contributed by atoms with Crippen molar-refractivity contribution in [1.82, 2.24) is 0 Å². The highest BCUT2D eigenvalue weighted by Crippen LogP contribution is 2.23. The zero-order valence-corrected chi connectivity index (χ0v) is 10.8. The van der Waals surface area contributed by atoms with Crippen LogP contribution >= 0.6 is 0 Å². The van der Waals surface area contributed by atoms with E-state index in [1.54, 1.807) is 6.07 Å². The molecule has 1 atom stereocenters. The highest BCUT2D eigenvalue weighted by Gasteiger charge is 2.10. The molecule has 0 fully saturated rings. The third-order valence-electron chi connectivity index (χ3n) is 2.66. The van der Waals surface area contributed by atoms with E-state index >= 15 is 0 Å². The number of carboxylic acids is 1. The third kappa shape index (κ3) is 4.00. The van der Waals surface area contributed by atoms with Gasteiger partial charge in [-0.15, -0.1) is 0 Å². The van der Waals surface area contributed by atoms with Crippen LogP contribution in [0.4, 0.5) is 5.69 Å². The molecule has 0 saturated heterocycles. The summed E-state index contributed by atoms with van der Waals surface area (Å²) in [5.41, 5.74) is 6.19. The number of ether oxygens (including phenoxy) is 1. The molecule has 0 aliphatic rings. The maximum Gasteiger partial charge on any atom is 0.322 e. The first kappa shape index (κ1) is 13.9. The van der Waals surface area contributed by atoms with Gasteiger partial charge in [0.2, 0.25) is 0 Å². The minimum absolute atomic E-state index is 0.157. The number of rotatable bonds is 6. The fraction of sp³-hybridized carbons (Fsp3) is 0.133. The average Bonchev–Trinajstić information content (AvgIpc) is 2.46. The molecule has 0 heterocycles. The number of carbonyl (C=O) groups is 1. The SMILES string of the molecule is NC(CNc1cccc(Oc2ccccc2)c1)C(=O)O. The summed E-state index contributed by atoms with van der Waals surface area (Å²) in [5.74, 6) is 0.381. The Morgan fingerprint density at radius 1 is 1.15 bits per heavy atom. The number of anilines is 1. The minimum Gasteiger partial charge on any atom is -0.480 e. The number of carboxylic acid groups (broad SMARTS) is 1. The van der Waals surface area contributed by atoms with Gasteiger partial charge in [-0.3, -0.25) is 4.79 Å². The third-order valence-corrected chi connectivity index (χ3v) is 2.66. The Morgan fingerprint density at radius 2 is 1.85 bits per heavy atom.